The van der Waals surface area contributed by atoms with Gasteiger partial charge in [-0.25, -0.2) is 8.78 Å². The number of hydrogen-bond donors (Lipinski definition) is 7. The SMILES string of the molecule is C=C(O/N=C(\C)c1ccc(OCCCCCCCC)c(C(F)(F)F)c1)[C@@H](C)CC(F)(F)CC.CC(=N)N.CC(=N)N.CCC.CCCCCCCCCCN.CCCC[C@H](C)C(C)=N.CN. The van der Waals surface area contributed by atoms with E-state index in [9.17, 15) is 22.0 Å². The lowest BCUT2D eigenvalue weighted by Crippen LogP contribution is -2.19. The third-order valence-electron chi connectivity index (χ3n) is 9.22. The third-order valence-corrected chi connectivity index (χ3v) is 9.22. The van der Waals surface area contributed by atoms with E-state index in [0.717, 1.165) is 50.4 Å². The van der Waals surface area contributed by atoms with Crippen molar-refractivity contribution >= 4 is 23.1 Å². The first-order valence-corrected chi connectivity index (χ1v) is 24.5. The molecule has 1 rings (SSSR count). The highest BCUT2D eigenvalue weighted by molar-refractivity contribution is 5.98. The Hall–Kier alpha value is -3.59. The number of nitrogens with zero attached hydrogens (tertiary/aromatic N) is 1. The normalized spacial score (nSPS) is 11.5. The van der Waals surface area contributed by atoms with Gasteiger partial charge in [0.2, 0.25) is 5.92 Å². The van der Waals surface area contributed by atoms with Gasteiger partial charge in [0.05, 0.1) is 29.6 Å². The maximum Gasteiger partial charge on any atom is 0.419 e. The van der Waals surface area contributed by atoms with Crippen LogP contribution in [0.1, 0.15) is 223 Å². The highest BCUT2D eigenvalue weighted by Crippen LogP contribution is 2.37. The topological polar surface area (TPSA) is 206 Å². The Morgan fingerprint density at radius 1 is 0.682 bits per heavy atom. The lowest BCUT2D eigenvalue weighted by Gasteiger charge is -2.19. The van der Waals surface area contributed by atoms with E-state index in [0.29, 0.717) is 12.3 Å². The lowest BCUT2D eigenvalue weighted by atomic mass is 10.00. The minimum absolute atomic E-state index is 0.0254. The lowest BCUT2D eigenvalue weighted by molar-refractivity contribution is -0.139. The summed E-state index contributed by atoms with van der Waals surface area (Å²) in [4.78, 5) is 5.13. The second kappa shape index (κ2) is 50.8. The van der Waals surface area contributed by atoms with Crippen LogP contribution in [-0.4, -0.2) is 49.2 Å². The summed E-state index contributed by atoms with van der Waals surface area (Å²) in [6, 6.07) is 3.69. The first-order valence-electron chi connectivity index (χ1n) is 24.5. The molecule has 1 aromatic carbocycles. The molecule has 0 heterocycles. The van der Waals surface area contributed by atoms with Crippen LogP contribution in [0, 0.1) is 28.1 Å². The van der Waals surface area contributed by atoms with Gasteiger partial charge in [-0.05, 0) is 90.2 Å². The number of rotatable bonds is 27. The number of alkyl halides is 5. The average molecular weight is 953 g/mol. The van der Waals surface area contributed by atoms with Gasteiger partial charge in [0.1, 0.15) is 11.5 Å². The number of unbranched alkanes of at least 4 members (excludes halogenated alkanes) is 13. The van der Waals surface area contributed by atoms with Crippen LogP contribution < -0.4 is 27.7 Å². The summed E-state index contributed by atoms with van der Waals surface area (Å²) < 4.78 is 73.3. The maximum absolute atomic E-state index is 13.6. The molecule has 0 fully saturated rings. The highest BCUT2D eigenvalue weighted by Gasteiger charge is 2.35. The molecule has 0 saturated carbocycles. The number of nitrogens with two attached hydrogens (primary N) is 4. The van der Waals surface area contributed by atoms with Gasteiger partial charge in [-0.2, -0.15) is 13.2 Å². The van der Waals surface area contributed by atoms with Crippen molar-refractivity contribution in [2.75, 3.05) is 20.2 Å². The molecule has 0 bridgehead atoms. The first-order chi connectivity index (χ1) is 30.9. The summed E-state index contributed by atoms with van der Waals surface area (Å²) in [6.07, 6.45) is 16.6. The summed E-state index contributed by atoms with van der Waals surface area (Å²) in [5, 5.41) is 23.6. The number of amidine groups is 2. The summed E-state index contributed by atoms with van der Waals surface area (Å²) >= 11 is 0. The van der Waals surface area contributed by atoms with Gasteiger partial charge < -0.3 is 37.9 Å². The standard InChI is InChI=1S/C25H36F5NO2.C10H23N.C8H17N.C3H8.2C2H6N2.CH5N/c1-6-8-9-10-11-12-15-32-23-14-13-21(16-22(23)25(28,29)30)19(4)31-33-20(5)18(3)17-24(26,27)7-2;1-2-3-4-5-6-7-8-9-10-11;1-4-5-6-7(2)8(3)9;1-3-2;2*1-2(3)4;1-2/h13-14,16,18H,5-12,15,17H2,1-4H3;2-11H2,1H3;7,9H,4-6H2,1-3H3;3H2,1-2H3;2*1H3,(H3,3,4);2H2,1H3/b31-19+;;;;;;/t18-;;7-;;;;/m0.0..../s1. The molecule has 15 heteroatoms. The van der Waals surface area contributed by atoms with Crippen LogP contribution in [-0.2, 0) is 11.0 Å². The van der Waals surface area contributed by atoms with E-state index in [1.165, 1.54) is 131 Å². The molecule has 392 valence electrons. The smallest absolute Gasteiger partial charge is 0.419 e. The van der Waals surface area contributed by atoms with Crippen molar-refractivity contribution in [2.45, 2.75) is 224 Å². The van der Waals surface area contributed by atoms with Gasteiger partial charge in [0.25, 0.3) is 0 Å². The first kappa shape index (κ1) is 74.0. The van der Waals surface area contributed by atoms with E-state index >= 15 is 0 Å². The van der Waals surface area contributed by atoms with Crippen LogP contribution in [0.5, 0.6) is 5.75 Å². The summed E-state index contributed by atoms with van der Waals surface area (Å²) in [6.45, 7) is 27.0. The molecule has 0 aliphatic heterocycles. The fourth-order valence-electron chi connectivity index (χ4n) is 5.15. The molecule has 1 aromatic rings. The molecule has 10 nitrogen and oxygen atoms in total. The van der Waals surface area contributed by atoms with Crippen LogP contribution in [0.4, 0.5) is 22.0 Å². The number of ether oxygens (including phenoxy) is 1. The van der Waals surface area contributed by atoms with Crippen LogP contribution in [0.25, 0.3) is 0 Å². The molecule has 0 unspecified atom stereocenters. The quantitative estimate of drug-likeness (QED) is 0.0114. The molecule has 0 spiro atoms. The monoisotopic (exact) mass is 953 g/mol. The van der Waals surface area contributed by atoms with Gasteiger partial charge in [-0.15, -0.1) is 0 Å². The second-order valence-electron chi connectivity index (χ2n) is 16.4. The zero-order valence-corrected chi connectivity index (χ0v) is 44.1. The van der Waals surface area contributed by atoms with E-state index in [4.69, 9.17) is 43.0 Å². The Labute approximate surface area is 401 Å². The predicted molar refractivity (Wildman–Crippen MR) is 277 cm³/mol. The molecule has 0 saturated heterocycles. The van der Waals surface area contributed by atoms with Crippen molar-refractivity contribution in [2.24, 2.45) is 39.9 Å². The van der Waals surface area contributed by atoms with E-state index in [-0.39, 0.29) is 47.5 Å². The predicted octanol–water partition coefficient (Wildman–Crippen LogP) is 15.6. The Bertz CT molecular complexity index is 1300. The van der Waals surface area contributed by atoms with E-state index < -0.39 is 30.0 Å². The average Bonchev–Trinajstić information content (AvgIpc) is 3.24. The van der Waals surface area contributed by atoms with Crippen molar-refractivity contribution in [3.05, 3.63) is 41.7 Å². The van der Waals surface area contributed by atoms with Gasteiger partial charge in [-0.3, -0.25) is 10.8 Å². The zero-order valence-electron chi connectivity index (χ0n) is 44.1. The van der Waals surface area contributed by atoms with Crippen molar-refractivity contribution in [3.8, 4) is 5.75 Å². The van der Waals surface area contributed by atoms with Crippen LogP contribution in [0.2, 0.25) is 0 Å². The second-order valence-corrected chi connectivity index (χ2v) is 16.4. The Morgan fingerprint density at radius 3 is 1.47 bits per heavy atom. The van der Waals surface area contributed by atoms with E-state index in [2.05, 4.69) is 59.0 Å². The third kappa shape index (κ3) is 56.5. The zero-order chi connectivity index (χ0) is 52.6. The number of allylic oxidation sites excluding steroid dienone is 1. The maximum atomic E-state index is 13.6. The molecular weight excluding hydrogens is 852 g/mol. The molecule has 0 aromatic heterocycles. The number of benzene rings is 1. The van der Waals surface area contributed by atoms with Gasteiger partial charge in [0.15, 0.2) is 0 Å². The fraction of sp³-hybridized carbons (Fsp3) is 0.765. The van der Waals surface area contributed by atoms with Crippen LogP contribution >= 0.6 is 0 Å². The van der Waals surface area contributed by atoms with E-state index in [1.807, 2.05) is 6.92 Å². The van der Waals surface area contributed by atoms with Gasteiger partial charge in [0, 0.05) is 24.5 Å². The van der Waals surface area contributed by atoms with Crippen molar-refractivity contribution < 1.29 is 31.5 Å². The number of hydrogen-bond acceptors (Lipinski definition) is 8. The Balaban J connectivity index is -0.000000220. The molecule has 11 N–H and O–H groups in total. The van der Waals surface area contributed by atoms with Crippen LogP contribution in [0.15, 0.2) is 35.7 Å². The largest absolute Gasteiger partial charge is 0.493 e. The molecule has 66 heavy (non-hydrogen) atoms. The molecule has 0 radical (unpaired) electrons. The van der Waals surface area contributed by atoms with Crippen molar-refractivity contribution in [1.82, 2.24) is 0 Å². The minimum atomic E-state index is -4.60. The fourth-order valence-corrected chi connectivity index (χ4v) is 5.15. The van der Waals surface area contributed by atoms with E-state index in [1.54, 1.807) is 0 Å². The van der Waals surface area contributed by atoms with Crippen molar-refractivity contribution in [1.29, 1.82) is 16.2 Å². The van der Waals surface area contributed by atoms with Gasteiger partial charge >= 0.3 is 6.18 Å². The molecule has 0 amide bonds. The molecule has 2 atom stereocenters. The van der Waals surface area contributed by atoms with Crippen LogP contribution in [0.3, 0.4) is 0 Å². The number of halogens is 5. The minimum Gasteiger partial charge on any atom is -0.493 e. The Morgan fingerprint density at radius 2 is 1.09 bits per heavy atom. The molecule has 0 aliphatic rings. The highest BCUT2D eigenvalue weighted by atomic mass is 19.4. The van der Waals surface area contributed by atoms with Crippen molar-refractivity contribution in [3.63, 3.8) is 0 Å². The number of nitrogens with one attached hydrogen (secondary N) is 3. The summed E-state index contributed by atoms with van der Waals surface area (Å²) in [7, 11) is 1.50. The summed E-state index contributed by atoms with van der Waals surface area (Å²) in [5.74, 6) is -2.88. The summed E-state index contributed by atoms with van der Waals surface area (Å²) in [5.41, 5.74) is 19.6. The molecular formula is C51H101F5N8O2. The number of oxime groups is 1. The Kier molecular flexibility index (Phi) is 56.9. The van der Waals surface area contributed by atoms with Gasteiger partial charge in [-0.1, -0.05) is 163 Å². The molecule has 0 aliphatic carbocycles.